The van der Waals surface area contributed by atoms with Crippen LogP contribution in [-0.2, 0) is 34.5 Å². The van der Waals surface area contributed by atoms with Crippen molar-refractivity contribution in [2.75, 3.05) is 0 Å². The summed E-state index contributed by atoms with van der Waals surface area (Å²) in [4.78, 5) is 0. The van der Waals surface area contributed by atoms with Crippen molar-refractivity contribution in [3.05, 3.63) is 137 Å². The normalized spacial score (nSPS) is 12.5. The monoisotopic (exact) mass is 812 g/mol. The van der Waals surface area contributed by atoms with Gasteiger partial charge >= 0.3 is 0 Å². The lowest BCUT2D eigenvalue weighted by atomic mass is 9.85. The van der Waals surface area contributed by atoms with E-state index in [1.807, 2.05) is 0 Å². The summed E-state index contributed by atoms with van der Waals surface area (Å²) >= 11 is 4.96. The van der Waals surface area contributed by atoms with Crippen molar-refractivity contribution in [3.8, 4) is 0 Å². The van der Waals surface area contributed by atoms with Gasteiger partial charge in [0.05, 0.1) is 0 Å². The number of hydrogen-bond donors (Lipinski definition) is 0. The van der Waals surface area contributed by atoms with Crippen LogP contribution >= 0.6 is 45.2 Å². The molecule has 0 aliphatic rings. The molecule has 4 rings (SSSR count). The van der Waals surface area contributed by atoms with Gasteiger partial charge in [-0.2, -0.15) is 0 Å². The molecule has 0 heterocycles. The Hall–Kier alpha value is -1.66. The molecule has 0 nitrogen and oxygen atoms in total. The third-order valence-corrected chi connectivity index (χ3v) is 10.3. The second kappa shape index (κ2) is 14.4. The summed E-state index contributed by atoms with van der Waals surface area (Å²) in [7, 11) is 0. The lowest BCUT2D eigenvalue weighted by Gasteiger charge is -2.21. The van der Waals surface area contributed by atoms with Gasteiger partial charge in [0.2, 0.25) is 0 Å². The Labute approximate surface area is 297 Å². The Morgan fingerprint density at radius 1 is 0.364 bits per heavy atom. The highest BCUT2D eigenvalue weighted by Crippen LogP contribution is 2.30. The second-order valence-corrected chi connectivity index (χ2v) is 18.7. The third-order valence-electron chi connectivity index (χ3n) is 8.27. The molecule has 0 aliphatic carbocycles. The molecule has 0 saturated heterocycles. The highest BCUT2D eigenvalue weighted by Gasteiger charge is 2.18. The van der Waals surface area contributed by atoms with Crippen LogP contribution in [0.4, 0.5) is 0 Å². The van der Waals surface area contributed by atoms with Gasteiger partial charge in [-0.3, -0.25) is 0 Å². The third kappa shape index (κ3) is 10.7. The summed E-state index contributed by atoms with van der Waals surface area (Å²) in [5, 5.41) is 0. The van der Waals surface area contributed by atoms with Crippen molar-refractivity contribution in [3.63, 3.8) is 0 Å². The predicted molar refractivity (Wildman–Crippen MR) is 212 cm³/mol. The molecule has 0 fully saturated rings. The molecule has 0 spiro atoms. The van der Waals surface area contributed by atoms with Crippen LogP contribution < -0.4 is 0 Å². The van der Waals surface area contributed by atoms with Gasteiger partial charge in [-0.15, -0.1) is 0 Å². The van der Waals surface area contributed by atoms with Crippen LogP contribution in [0.15, 0.2) is 84.9 Å². The lowest BCUT2D eigenvalue weighted by molar-refractivity contribution is 0.589. The van der Waals surface area contributed by atoms with Crippen LogP contribution in [0.2, 0.25) is 0 Å². The topological polar surface area (TPSA) is 0 Å². The van der Waals surface area contributed by atoms with Gasteiger partial charge in [-0.05, 0) is 136 Å². The van der Waals surface area contributed by atoms with Crippen molar-refractivity contribution < 1.29 is 0 Å². The van der Waals surface area contributed by atoms with Gasteiger partial charge in [0.1, 0.15) is 0 Å². The van der Waals surface area contributed by atoms with E-state index in [1.54, 1.807) is 0 Å². The molecule has 236 valence electrons. The van der Waals surface area contributed by atoms with Gasteiger partial charge in [-0.1, -0.05) is 156 Å². The molecule has 0 aromatic heterocycles. The van der Waals surface area contributed by atoms with E-state index in [-0.39, 0.29) is 21.7 Å². The van der Waals surface area contributed by atoms with Gasteiger partial charge < -0.3 is 0 Å². The van der Waals surface area contributed by atoms with E-state index in [9.17, 15) is 0 Å². The molecule has 0 bridgehead atoms. The zero-order valence-electron chi connectivity index (χ0n) is 29.3. The number of benzene rings is 4. The van der Waals surface area contributed by atoms with E-state index < -0.39 is 0 Å². The quantitative estimate of drug-likeness (QED) is 0.180. The summed E-state index contributed by atoms with van der Waals surface area (Å²) in [5.74, 6) is 0. The zero-order chi connectivity index (χ0) is 33.1. The average molecular weight is 813 g/mol. The van der Waals surface area contributed by atoms with Crippen LogP contribution in [0.3, 0.4) is 0 Å². The highest BCUT2D eigenvalue weighted by molar-refractivity contribution is 14.1. The van der Waals surface area contributed by atoms with Crippen molar-refractivity contribution in [1.82, 2.24) is 0 Å². The lowest BCUT2D eigenvalue weighted by Crippen LogP contribution is -2.12. The SMILES string of the molecule is CC(C)(C)c1ccc(Cc2ccc(C(C)(C)C)cc2)cc1.CC(C)(C)c1ccc(Cc2ccc(C(C)(C)C)cc2I)c(I)c1. The molecule has 2 heteroatoms. The minimum atomic E-state index is 0.210. The van der Waals surface area contributed by atoms with Gasteiger partial charge in [0.15, 0.2) is 0 Å². The van der Waals surface area contributed by atoms with E-state index in [2.05, 4.69) is 213 Å². The van der Waals surface area contributed by atoms with Crippen molar-refractivity contribution in [2.45, 2.75) is 118 Å². The van der Waals surface area contributed by atoms with Crippen LogP contribution in [0.5, 0.6) is 0 Å². The maximum absolute atomic E-state index is 2.48. The van der Waals surface area contributed by atoms with Crippen molar-refractivity contribution in [2.24, 2.45) is 0 Å². The fourth-order valence-electron chi connectivity index (χ4n) is 5.00. The summed E-state index contributed by atoms with van der Waals surface area (Å²) < 4.78 is 2.73. The maximum Gasteiger partial charge on any atom is 0.0168 e. The van der Waals surface area contributed by atoms with Gasteiger partial charge in [0, 0.05) is 7.14 Å². The number of rotatable bonds is 4. The summed E-state index contributed by atoms with van der Waals surface area (Å²) in [6, 6.07) is 32.0. The highest BCUT2D eigenvalue weighted by atomic mass is 127. The van der Waals surface area contributed by atoms with E-state index >= 15 is 0 Å². The number of hydrogen-bond acceptors (Lipinski definition) is 0. The first-order valence-corrected chi connectivity index (χ1v) is 18.1. The van der Waals surface area contributed by atoms with E-state index in [0.29, 0.717) is 0 Å². The Morgan fingerprint density at radius 3 is 0.886 bits per heavy atom. The first-order valence-electron chi connectivity index (χ1n) is 15.9. The second-order valence-electron chi connectivity index (χ2n) is 16.4. The Balaban J connectivity index is 0.000000241. The summed E-state index contributed by atoms with van der Waals surface area (Å²) in [6.07, 6.45) is 2.01. The Bertz CT molecular complexity index is 1400. The molecule has 4 aromatic rings. The Morgan fingerprint density at radius 2 is 0.636 bits per heavy atom. The molecule has 0 N–H and O–H groups in total. The molecule has 0 saturated carbocycles. The van der Waals surface area contributed by atoms with Crippen LogP contribution in [0, 0.1) is 7.14 Å². The Kier molecular flexibility index (Phi) is 12.0. The standard InChI is InChI=1S/C21H26I2.C21H28/c1-20(2,3)16-9-7-14(18(22)12-16)11-15-8-10-17(13-19(15)23)21(4,5)6;1-20(2,3)18-11-7-16(8-12-18)15-17-9-13-19(14-10-17)21(4,5)6/h7-10,12-13H,11H2,1-6H3;7-14H,15H2,1-6H3. The van der Waals surface area contributed by atoms with Crippen LogP contribution in [-0.4, -0.2) is 0 Å². The minimum Gasteiger partial charge on any atom is -0.0584 e. The summed E-state index contributed by atoms with van der Waals surface area (Å²) in [5.41, 5.74) is 12.1. The predicted octanol–water partition coefficient (Wildman–Crippen LogP) is 13.0. The molecule has 4 aromatic carbocycles. The minimum absolute atomic E-state index is 0.210. The van der Waals surface area contributed by atoms with Crippen LogP contribution in [0.25, 0.3) is 0 Å². The smallest absolute Gasteiger partial charge is 0.0168 e. The molecule has 0 radical (unpaired) electrons. The largest absolute Gasteiger partial charge is 0.0584 e. The first-order chi connectivity index (χ1) is 20.1. The van der Waals surface area contributed by atoms with E-state index in [4.69, 9.17) is 0 Å². The van der Waals surface area contributed by atoms with Gasteiger partial charge in [0.25, 0.3) is 0 Å². The molecule has 44 heavy (non-hydrogen) atoms. The fourth-order valence-corrected chi connectivity index (χ4v) is 6.41. The zero-order valence-corrected chi connectivity index (χ0v) is 33.6. The maximum atomic E-state index is 2.48. The molecular formula is C42H54I2. The van der Waals surface area contributed by atoms with Gasteiger partial charge in [-0.25, -0.2) is 0 Å². The number of halogens is 2. The summed E-state index contributed by atoms with van der Waals surface area (Å²) in [6.45, 7) is 27.2. The van der Waals surface area contributed by atoms with E-state index in [0.717, 1.165) is 12.8 Å². The van der Waals surface area contributed by atoms with Crippen molar-refractivity contribution >= 4 is 45.2 Å². The molecule has 0 unspecified atom stereocenters. The molecular weight excluding hydrogens is 758 g/mol. The average Bonchev–Trinajstić information content (AvgIpc) is 2.89. The fraction of sp³-hybridized carbons (Fsp3) is 0.429. The first kappa shape index (κ1) is 36.8. The van der Waals surface area contributed by atoms with E-state index in [1.165, 1.54) is 51.6 Å². The van der Waals surface area contributed by atoms with Crippen LogP contribution in [0.1, 0.15) is 128 Å². The molecule has 0 aliphatic heterocycles. The molecule has 0 atom stereocenters. The molecule has 0 amide bonds. The van der Waals surface area contributed by atoms with Crippen molar-refractivity contribution in [1.29, 1.82) is 0 Å².